The van der Waals surface area contributed by atoms with Crippen LogP contribution in [0.3, 0.4) is 0 Å². The Morgan fingerprint density at radius 1 is 1.30 bits per heavy atom. The molecule has 2 aromatic rings. The fourth-order valence-corrected chi connectivity index (χ4v) is 4.57. The maximum Gasteiger partial charge on any atom is 0.249 e. The first-order valence-corrected chi connectivity index (χ1v) is 11.7. The topological polar surface area (TPSA) is 79.4 Å². The van der Waals surface area contributed by atoms with E-state index in [2.05, 4.69) is 16.3 Å². The molecule has 2 unspecified atom stereocenters. The standard InChI is InChI=1S/C22H26FN3O3S/c1-4-15(2)22(27)26-12-11-20(25-30(3,28)29)21(26)14-18-9-6-10-19(24-18)16-7-5-8-17(23)13-16/h5-10,13,20-21,25H,2,4,11-12,14H2,1,3H3. The van der Waals surface area contributed by atoms with Gasteiger partial charge in [-0.15, -0.1) is 0 Å². The molecule has 1 amide bonds. The Bertz CT molecular complexity index is 1060. The number of nitrogens with zero attached hydrogens (tertiary/aromatic N) is 2. The SMILES string of the molecule is C=C(CC)C(=O)N1CCC(NS(C)(=O)=O)C1Cc1cccc(-c2cccc(F)c2)n1. The number of carbonyl (C=O) groups excluding carboxylic acids is 1. The van der Waals surface area contributed by atoms with Crippen LogP contribution in [0.4, 0.5) is 4.39 Å². The van der Waals surface area contributed by atoms with Crippen LogP contribution in [0, 0.1) is 5.82 Å². The molecule has 6 nitrogen and oxygen atoms in total. The second-order valence-electron chi connectivity index (χ2n) is 7.54. The second kappa shape index (κ2) is 9.06. The van der Waals surface area contributed by atoms with E-state index in [1.807, 2.05) is 19.1 Å². The quantitative estimate of drug-likeness (QED) is 0.684. The lowest BCUT2D eigenvalue weighted by Crippen LogP contribution is -2.48. The van der Waals surface area contributed by atoms with E-state index in [0.29, 0.717) is 48.3 Å². The van der Waals surface area contributed by atoms with Gasteiger partial charge in [-0.3, -0.25) is 9.78 Å². The molecule has 1 aliphatic rings. The van der Waals surface area contributed by atoms with Gasteiger partial charge in [-0.25, -0.2) is 17.5 Å². The van der Waals surface area contributed by atoms with Gasteiger partial charge in [-0.05, 0) is 37.1 Å². The molecular formula is C22H26FN3O3S. The van der Waals surface area contributed by atoms with Crippen LogP contribution < -0.4 is 4.72 Å². The highest BCUT2D eigenvalue weighted by atomic mass is 32.2. The Morgan fingerprint density at radius 3 is 2.70 bits per heavy atom. The molecule has 2 heterocycles. The monoisotopic (exact) mass is 431 g/mol. The summed E-state index contributed by atoms with van der Waals surface area (Å²) < 4.78 is 39.9. The average molecular weight is 432 g/mol. The van der Waals surface area contributed by atoms with Crippen molar-refractivity contribution in [2.45, 2.75) is 38.3 Å². The van der Waals surface area contributed by atoms with Crippen LogP contribution in [0.15, 0.2) is 54.6 Å². The zero-order valence-electron chi connectivity index (χ0n) is 17.1. The van der Waals surface area contributed by atoms with Crippen LogP contribution in [0.5, 0.6) is 0 Å². The summed E-state index contributed by atoms with van der Waals surface area (Å²) in [5.74, 6) is -0.510. The summed E-state index contributed by atoms with van der Waals surface area (Å²) in [7, 11) is -3.44. The third-order valence-electron chi connectivity index (χ3n) is 5.25. The van der Waals surface area contributed by atoms with Gasteiger partial charge in [-0.2, -0.15) is 0 Å². The molecule has 1 aromatic heterocycles. The highest BCUT2D eigenvalue weighted by molar-refractivity contribution is 7.88. The van der Waals surface area contributed by atoms with Crippen molar-refractivity contribution in [1.29, 1.82) is 0 Å². The van der Waals surface area contributed by atoms with Gasteiger partial charge in [0.05, 0.1) is 18.0 Å². The summed E-state index contributed by atoms with van der Waals surface area (Å²) in [6, 6.07) is 10.8. The molecule has 1 aromatic carbocycles. The van der Waals surface area contributed by atoms with Gasteiger partial charge in [0.1, 0.15) is 5.82 Å². The van der Waals surface area contributed by atoms with Gasteiger partial charge < -0.3 is 4.90 Å². The molecule has 2 atom stereocenters. The van der Waals surface area contributed by atoms with Crippen molar-refractivity contribution in [1.82, 2.24) is 14.6 Å². The number of sulfonamides is 1. The fourth-order valence-electron chi connectivity index (χ4n) is 3.74. The number of benzene rings is 1. The van der Waals surface area contributed by atoms with Gasteiger partial charge in [0.25, 0.3) is 0 Å². The maximum atomic E-state index is 13.6. The largest absolute Gasteiger partial charge is 0.334 e. The third-order valence-corrected chi connectivity index (χ3v) is 5.98. The van der Waals surface area contributed by atoms with E-state index in [4.69, 9.17) is 0 Å². The minimum atomic E-state index is -3.44. The highest BCUT2D eigenvalue weighted by Gasteiger charge is 2.39. The molecule has 0 radical (unpaired) electrons. The molecule has 0 bridgehead atoms. The number of pyridine rings is 1. The number of rotatable bonds is 7. The van der Waals surface area contributed by atoms with Gasteiger partial charge in [0.2, 0.25) is 15.9 Å². The summed E-state index contributed by atoms with van der Waals surface area (Å²) in [6.07, 6.45) is 2.53. The Kier molecular flexibility index (Phi) is 6.67. The number of amides is 1. The molecule has 1 N–H and O–H groups in total. The lowest BCUT2D eigenvalue weighted by molar-refractivity contribution is -0.128. The maximum absolute atomic E-state index is 13.6. The summed E-state index contributed by atoms with van der Waals surface area (Å²) >= 11 is 0. The van der Waals surface area contributed by atoms with Crippen molar-refractivity contribution in [2.24, 2.45) is 0 Å². The number of halogens is 1. The molecule has 0 aliphatic carbocycles. The van der Waals surface area contributed by atoms with Crippen LogP contribution in [-0.2, 0) is 21.2 Å². The summed E-state index contributed by atoms with van der Waals surface area (Å²) in [4.78, 5) is 19.1. The number of likely N-dealkylation sites (tertiary alicyclic amines) is 1. The Hall–Kier alpha value is -2.58. The zero-order chi connectivity index (χ0) is 21.9. The minimum Gasteiger partial charge on any atom is -0.334 e. The van der Waals surface area contributed by atoms with Gasteiger partial charge >= 0.3 is 0 Å². The van der Waals surface area contributed by atoms with Gasteiger partial charge in [0, 0.05) is 35.8 Å². The Morgan fingerprint density at radius 2 is 2.03 bits per heavy atom. The van der Waals surface area contributed by atoms with Crippen molar-refractivity contribution < 1.29 is 17.6 Å². The van der Waals surface area contributed by atoms with Crippen molar-refractivity contribution in [3.63, 3.8) is 0 Å². The first-order valence-electron chi connectivity index (χ1n) is 9.86. The molecule has 0 saturated carbocycles. The molecule has 0 spiro atoms. The van der Waals surface area contributed by atoms with E-state index in [9.17, 15) is 17.6 Å². The zero-order valence-corrected chi connectivity index (χ0v) is 18.0. The Labute approximate surface area is 176 Å². The molecular weight excluding hydrogens is 405 g/mol. The second-order valence-corrected chi connectivity index (χ2v) is 9.32. The molecule has 30 heavy (non-hydrogen) atoms. The number of hydrogen-bond donors (Lipinski definition) is 1. The molecule has 3 rings (SSSR count). The van der Waals surface area contributed by atoms with Crippen LogP contribution in [0.25, 0.3) is 11.3 Å². The van der Waals surface area contributed by atoms with Crippen molar-refractivity contribution in [3.05, 3.63) is 66.1 Å². The normalized spacial score (nSPS) is 19.1. The fraction of sp³-hybridized carbons (Fsp3) is 0.364. The molecule has 160 valence electrons. The Balaban J connectivity index is 1.90. The molecule has 1 saturated heterocycles. The lowest BCUT2D eigenvalue weighted by Gasteiger charge is -2.29. The van der Waals surface area contributed by atoms with E-state index >= 15 is 0 Å². The average Bonchev–Trinajstić information content (AvgIpc) is 3.07. The van der Waals surface area contributed by atoms with Crippen molar-refractivity contribution in [2.75, 3.05) is 12.8 Å². The van der Waals surface area contributed by atoms with Crippen LogP contribution in [-0.4, -0.2) is 49.1 Å². The van der Waals surface area contributed by atoms with Crippen molar-refractivity contribution >= 4 is 15.9 Å². The predicted molar refractivity (Wildman–Crippen MR) is 115 cm³/mol. The number of hydrogen-bond acceptors (Lipinski definition) is 4. The molecule has 1 aliphatic heterocycles. The smallest absolute Gasteiger partial charge is 0.249 e. The number of nitrogens with one attached hydrogen (secondary N) is 1. The van der Waals surface area contributed by atoms with E-state index in [0.717, 1.165) is 6.26 Å². The number of aromatic nitrogens is 1. The lowest BCUT2D eigenvalue weighted by atomic mass is 10.0. The highest BCUT2D eigenvalue weighted by Crippen LogP contribution is 2.25. The first-order chi connectivity index (χ1) is 14.2. The van der Waals surface area contributed by atoms with E-state index < -0.39 is 16.1 Å². The molecule has 8 heteroatoms. The first kappa shape index (κ1) is 22.1. The van der Waals surface area contributed by atoms with Crippen molar-refractivity contribution in [3.8, 4) is 11.3 Å². The third kappa shape index (κ3) is 5.31. The van der Waals surface area contributed by atoms with Gasteiger partial charge in [0.15, 0.2) is 0 Å². The minimum absolute atomic E-state index is 0.165. The van der Waals surface area contributed by atoms with Crippen LogP contribution in [0.1, 0.15) is 25.5 Å². The molecule has 1 fully saturated rings. The number of carbonyl (C=O) groups is 1. The predicted octanol–water partition coefficient (Wildman–Crippen LogP) is 2.92. The van der Waals surface area contributed by atoms with Crippen LogP contribution in [0.2, 0.25) is 0 Å². The van der Waals surface area contributed by atoms with E-state index in [1.165, 1.54) is 12.1 Å². The van der Waals surface area contributed by atoms with E-state index in [1.54, 1.807) is 23.1 Å². The summed E-state index contributed by atoms with van der Waals surface area (Å²) in [5.41, 5.74) is 2.46. The van der Waals surface area contributed by atoms with Gasteiger partial charge in [-0.1, -0.05) is 31.7 Å². The summed E-state index contributed by atoms with van der Waals surface area (Å²) in [6.45, 7) is 6.15. The summed E-state index contributed by atoms with van der Waals surface area (Å²) in [5, 5.41) is 0. The van der Waals surface area contributed by atoms with E-state index in [-0.39, 0.29) is 17.8 Å². The van der Waals surface area contributed by atoms with Crippen LogP contribution >= 0.6 is 0 Å².